The third-order valence-electron chi connectivity index (χ3n) is 4.16. The lowest BCUT2D eigenvalue weighted by Gasteiger charge is -2.25. The number of hydrogen-bond donors (Lipinski definition) is 0. The van der Waals surface area contributed by atoms with Gasteiger partial charge in [-0.25, -0.2) is 0 Å². The van der Waals surface area contributed by atoms with Crippen LogP contribution in [0.5, 0.6) is 0 Å². The summed E-state index contributed by atoms with van der Waals surface area (Å²) in [5.74, 6) is 0.504. The Kier molecular flexibility index (Phi) is 5.90. The molecule has 22 heavy (non-hydrogen) atoms. The summed E-state index contributed by atoms with van der Waals surface area (Å²) in [5.41, 5.74) is 5.52. The van der Waals surface area contributed by atoms with Crippen molar-refractivity contribution in [3.05, 3.63) is 77.4 Å². The highest BCUT2D eigenvalue weighted by Gasteiger charge is 2.20. The van der Waals surface area contributed by atoms with Crippen LogP contribution < -0.4 is 0 Å². The summed E-state index contributed by atoms with van der Waals surface area (Å²) in [4.78, 5) is 1.43. The molecule has 0 heterocycles. The normalized spacial score (nSPS) is 13.6. The molecule has 0 amide bonds. The van der Waals surface area contributed by atoms with Gasteiger partial charge in [0.15, 0.2) is 0 Å². The van der Waals surface area contributed by atoms with Gasteiger partial charge in [-0.2, -0.15) is 0 Å². The van der Waals surface area contributed by atoms with E-state index in [1.54, 1.807) is 0 Å². The van der Waals surface area contributed by atoms with Crippen molar-refractivity contribution in [2.24, 2.45) is 0 Å². The van der Waals surface area contributed by atoms with E-state index in [-0.39, 0.29) is 0 Å². The van der Waals surface area contributed by atoms with Crippen LogP contribution in [0.4, 0.5) is 0 Å². The Morgan fingerprint density at radius 2 is 1.64 bits per heavy atom. The van der Waals surface area contributed by atoms with Gasteiger partial charge in [0, 0.05) is 10.1 Å². The van der Waals surface area contributed by atoms with Crippen LogP contribution in [0.15, 0.2) is 60.0 Å². The van der Waals surface area contributed by atoms with Gasteiger partial charge in [-0.05, 0) is 49.8 Å². The van der Waals surface area contributed by atoms with Crippen molar-refractivity contribution >= 4 is 11.8 Å². The summed E-state index contributed by atoms with van der Waals surface area (Å²) < 4.78 is 0. The highest BCUT2D eigenvalue weighted by atomic mass is 32.2. The molecule has 2 aromatic carbocycles. The Morgan fingerprint density at radius 1 is 1.05 bits per heavy atom. The van der Waals surface area contributed by atoms with Crippen LogP contribution in [0, 0.1) is 20.8 Å². The van der Waals surface area contributed by atoms with Crippen molar-refractivity contribution in [3.63, 3.8) is 0 Å². The molecule has 0 aliphatic heterocycles. The van der Waals surface area contributed by atoms with Gasteiger partial charge in [0.1, 0.15) is 0 Å². The van der Waals surface area contributed by atoms with Gasteiger partial charge in [-0.15, -0.1) is 18.3 Å². The largest absolute Gasteiger partial charge is 0.121 e. The van der Waals surface area contributed by atoms with Crippen LogP contribution >= 0.6 is 11.8 Å². The summed E-state index contributed by atoms with van der Waals surface area (Å²) in [5, 5.41) is 0.514. The van der Waals surface area contributed by atoms with Crippen LogP contribution in [-0.2, 0) is 0 Å². The first kappa shape index (κ1) is 16.9. The van der Waals surface area contributed by atoms with Gasteiger partial charge in [0.2, 0.25) is 0 Å². The quantitative estimate of drug-likeness (QED) is 0.436. The van der Waals surface area contributed by atoms with E-state index in [9.17, 15) is 0 Å². The van der Waals surface area contributed by atoms with Crippen LogP contribution in [0.2, 0.25) is 0 Å². The van der Waals surface area contributed by atoms with E-state index in [0.717, 1.165) is 6.42 Å². The van der Waals surface area contributed by atoms with Gasteiger partial charge in [0.25, 0.3) is 0 Å². The van der Waals surface area contributed by atoms with E-state index < -0.39 is 0 Å². The number of thioether (sulfide) groups is 1. The number of aryl methyl sites for hydroxylation is 3. The summed E-state index contributed by atoms with van der Waals surface area (Å²) in [6.45, 7) is 12.9. The van der Waals surface area contributed by atoms with Gasteiger partial charge in [0.05, 0.1) is 0 Å². The third-order valence-corrected chi connectivity index (χ3v) is 5.94. The Hall–Kier alpha value is -1.47. The van der Waals surface area contributed by atoms with E-state index in [0.29, 0.717) is 11.2 Å². The molecule has 1 heteroatoms. The molecule has 0 saturated heterocycles. The molecular weight excluding hydrogens is 284 g/mol. The van der Waals surface area contributed by atoms with Crippen molar-refractivity contribution in [1.82, 2.24) is 0 Å². The molecule has 0 fully saturated rings. The van der Waals surface area contributed by atoms with Gasteiger partial charge in [-0.1, -0.05) is 61.0 Å². The predicted molar refractivity (Wildman–Crippen MR) is 100.0 cm³/mol. The van der Waals surface area contributed by atoms with E-state index in [4.69, 9.17) is 0 Å². The zero-order valence-corrected chi connectivity index (χ0v) is 14.9. The fourth-order valence-corrected chi connectivity index (χ4v) is 4.38. The van der Waals surface area contributed by atoms with Crippen molar-refractivity contribution in [2.45, 2.75) is 50.2 Å². The maximum atomic E-state index is 3.96. The van der Waals surface area contributed by atoms with E-state index in [1.807, 2.05) is 11.8 Å². The van der Waals surface area contributed by atoms with E-state index in [2.05, 4.69) is 82.8 Å². The second kappa shape index (κ2) is 7.69. The first-order valence-corrected chi connectivity index (χ1v) is 8.81. The van der Waals surface area contributed by atoms with Crippen molar-refractivity contribution in [1.29, 1.82) is 0 Å². The number of allylic oxidation sites excluding steroid dienone is 1. The SMILES string of the molecule is C=CC[C@H](Sc1c(C)cc(C)cc1C)[C@H](C)c1ccccc1. The molecule has 0 aliphatic rings. The Labute approximate surface area is 139 Å². The molecule has 2 rings (SSSR count). The van der Waals surface area contributed by atoms with Crippen LogP contribution in [-0.4, -0.2) is 5.25 Å². The Morgan fingerprint density at radius 3 is 2.18 bits per heavy atom. The topological polar surface area (TPSA) is 0 Å². The molecule has 0 spiro atoms. The first-order chi connectivity index (χ1) is 10.5. The van der Waals surface area contributed by atoms with Gasteiger partial charge in [-0.3, -0.25) is 0 Å². The van der Waals surface area contributed by atoms with E-state index in [1.165, 1.54) is 27.1 Å². The monoisotopic (exact) mass is 310 g/mol. The van der Waals surface area contributed by atoms with Crippen molar-refractivity contribution in [3.8, 4) is 0 Å². The average molecular weight is 311 g/mol. The molecule has 0 radical (unpaired) electrons. The third kappa shape index (κ3) is 4.04. The summed E-state index contributed by atoms with van der Waals surface area (Å²) >= 11 is 2.01. The lowest BCUT2D eigenvalue weighted by atomic mass is 9.96. The minimum atomic E-state index is 0.504. The minimum absolute atomic E-state index is 0.504. The standard InChI is InChI=1S/C21H26S/c1-6-10-20(18(5)19-11-8-7-9-12-19)22-21-16(3)13-15(2)14-17(21)4/h6-9,11-14,18,20H,1,10H2,2-5H3/t18-,20+/m1/s1. The molecule has 2 atom stereocenters. The highest BCUT2D eigenvalue weighted by Crippen LogP contribution is 2.39. The number of rotatable bonds is 6. The summed E-state index contributed by atoms with van der Waals surface area (Å²) in [6.07, 6.45) is 3.07. The molecule has 0 bridgehead atoms. The fourth-order valence-electron chi connectivity index (χ4n) is 2.99. The zero-order chi connectivity index (χ0) is 16.1. The van der Waals surface area contributed by atoms with Gasteiger partial charge < -0.3 is 0 Å². The van der Waals surface area contributed by atoms with Crippen molar-refractivity contribution < 1.29 is 0 Å². The molecule has 0 N–H and O–H groups in total. The Bertz CT molecular complexity index is 605. The smallest absolute Gasteiger partial charge is 0.0195 e. The molecule has 2 aromatic rings. The number of hydrogen-bond acceptors (Lipinski definition) is 1. The lowest BCUT2D eigenvalue weighted by Crippen LogP contribution is -2.12. The molecule has 0 aliphatic carbocycles. The van der Waals surface area contributed by atoms with Crippen LogP contribution in [0.25, 0.3) is 0 Å². The minimum Gasteiger partial charge on any atom is -0.121 e. The maximum absolute atomic E-state index is 3.96. The van der Waals surface area contributed by atoms with Gasteiger partial charge >= 0.3 is 0 Å². The van der Waals surface area contributed by atoms with E-state index >= 15 is 0 Å². The average Bonchev–Trinajstić information content (AvgIpc) is 2.50. The van der Waals surface area contributed by atoms with Crippen LogP contribution in [0.1, 0.15) is 41.5 Å². The zero-order valence-electron chi connectivity index (χ0n) is 14.1. The molecule has 116 valence electrons. The second-order valence-electron chi connectivity index (χ2n) is 6.11. The molecule has 0 aromatic heterocycles. The lowest BCUT2D eigenvalue weighted by molar-refractivity contribution is 0.709. The Balaban J connectivity index is 2.28. The molecular formula is C21H26S. The molecule has 0 saturated carbocycles. The van der Waals surface area contributed by atoms with Crippen LogP contribution in [0.3, 0.4) is 0 Å². The number of benzene rings is 2. The maximum Gasteiger partial charge on any atom is 0.0195 e. The summed E-state index contributed by atoms with van der Waals surface area (Å²) in [7, 11) is 0. The van der Waals surface area contributed by atoms with Crippen molar-refractivity contribution in [2.75, 3.05) is 0 Å². The second-order valence-corrected chi connectivity index (χ2v) is 7.36. The predicted octanol–water partition coefficient (Wildman–Crippen LogP) is 6.45. The fraction of sp³-hybridized carbons (Fsp3) is 0.333. The first-order valence-electron chi connectivity index (χ1n) is 7.93. The highest BCUT2D eigenvalue weighted by molar-refractivity contribution is 8.00. The molecule has 0 unspecified atom stereocenters. The summed E-state index contributed by atoms with van der Waals surface area (Å²) in [6, 6.07) is 15.4. The molecule has 0 nitrogen and oxygen atoms in total.